The summed E-state index contributed by atoms with van der Waals surface area (Å²) in [7, 11) is 1.70. The lowest BCUT2D eigenvalue weighted by molar-refractivity contribution is -0.134. The quantitative estimate of drug-likeness (QED) is 0.661. The van der Waals surface area contributed by atoms with Gasteiger partial charge < -0.3 is 16.0 Å². The fourth-order valence-electron chi connectivity index (χ4n) is 1.14. The van der Waals surface area contributed by atoms with Gasteiger partial charge in [0.05, 0.1) is 0 Å². The van der Waals surface area contributed by atoms with E-state index in [0.29, 0.717) is 6.54 Å². The molecule has 0 radical (unpaired) electrons. The summed E-state index contributed by atoms with van der Waals surface area (Å²) in [4.78, 5) is 24.5. The van der Waals surface area contributed by atoms with Crippen molar-refractivity contribution >= 4 is 11.8 Å². The van der Waals surface area contributed by atoms with Crippen molar-refractivity contribution < 1.29 is 9.59 Å². The summed E-state index contributed by atoms with van der Waals surface area (Å²) >= 11 is 0. The standard InChI is InChI=1S/C10H21N3O2/c1-5-13(4)10(15)8(3)12-9(14)6-7(2)11/h7-8H,5-6,11H2,1-4H3,(H,12,14). The minimum absolute atomic E-state index is 0.0875. The van der Waals surface area contributed by atoms with Gasteiger partial charge in [0.15, 0.2) is 0 Å². The molecule has 0 spiro atoms. The largest absolute Gasteiger partial charge is 0.345 e. The van der Waals surface area contributed by atoms with Crippen LogP contribution in [-0.4, -0.2) is 42.4 Å². The smallest absolute Gasteiger partial charge is 0.244 e. The highest BCUT2D eigenvalue weighted by molar-refractivity contribution is 5.87. The molecule has 0 bridgehead atoms. The zero-order valence-corrected chi connectivity index (χ0v) is 9.91. The van der Waals surface area contributed by atoms with Crippen LogP contribution in [0.4, 0.5) is 0 Å². The van der Waals surface area contributed by atoms with Crippen molar-refractivity contribution in [3.05, 3.63) is 0 Å². The van der Waals surface area contributed by atoms with Gasteiger partial charge in [-0.15, -0.1) is 0 Å². The van der Waals surface area contributed by atoms with Crippen molar-refractivity contribution in [2.75, 3.05) is 13.6 Å². The molecule has 2 atom stereocenters. The number of hydrogen-bond donors (Lipinski definition) is 2. The average Bonchev–Trinajstić information content (AvgIpc) is 2.13. The maximum absolute atomic E-state index is 11.6. The Balaban J connectivity index is 4.07. The second-order valence-corrected chi connectivity index (χ2v) is 3.82. The molecule has 0 aromatic heterocycles. The molecule has 0 fully saturated rings. The molecule has 15 heavy (non-hydrogen) atoms. The fraction of sp³-hybridized carbons (Fsp3) is 0.800. The van der Waals surface area contributed by atoms with Crippen molar-refractivity contribution in [2.24, 2.45) is 5.73 Å². The number of carbonyl (C=O) groups excluding carboxylic acids is 2. The molecule has 0 aromatic rings. The van der Waals surface area contributed by atoms with Gasteiger partial charge in [0.25, 0.3) is 0 Å². The zero-order chi connectivity index (χ0) is 12.0. The van der Waals surface area contributed by atoms with Gasteiger partial charge in [0.2, 0.25) is 11.8 Å². The summed E-state index contributed by atoms with van der Waals surface area (Å²) in [6.45, 7) is 5.94. The summed E-state index contributed by atoms with van der Waals surface area (Å²) < 4.78 is 0. The Hall–Kier alpha value is -1.10. The third-order valence-electron chi connectivity index (χ3n) is 2.11. The molecular formula is C10H21N3O2. The highest BCUT2D eigenvalue weighted by atomic mass is 16.2. The maximum atomic E-state index is 11.6. The fourth-order valence-corrected chi connectivity index (χ4v) is 1.14. The average molecular weight is 215 g/mol. The third kappa shape index (κ3) is 5.37. The number of likely N-dealkylation sites (N-methyl/N-ethyl adjacent to an activating group) is 1. The number of hydrogen-bond acceptors (Lipinski definition) is 3. The first-order chi connectivity index (χ1) is 6.88. The van der Waals surface area contributed by atoms with E-state index >= 15 is 0 Å². The predicted molar refractivity (Wildman–Crippen MR) is 59.2 cm³/mol. The van der Waals surface area contributed by atoms with Crippen LogP contribution in [0.15, 0.2) is 0 Å². The molecule has 0 aliphatic carbocycles. The van der Waals surface area contributed by atoms with Crippen LogP contribution in [0.2, 0.25) is 0 Å². The number of rotatable bonds is 5. The van der Waals surface area contributed by atoms with E-state index in [-0.39, 0.29) is 24.3 Å². The molecule has 0 saturated heterocycles. The zero-order valence-electron chi connectivity index (χ0n) is 9.91. The second kappa shape index (κ2) is 6.40. The molecule has 88 valence electrons. The predicted octanol–water partition coefficient (Wildman–Crippen LogP) is -0.293. The molecule has 2 amide bonds. The van der Waals surface area contributed by atoms with E-state index in [4.69, 9.17) is 5.73 Å². The van der Waals surface area contributed by atoms with Crippen molar-refractivity contribution in [1.82, 2.24) is 10.2 Å². The first-order valence-corrected chi connectivity index (χ1v) is 5.18. The number of nitrogens with two attached hydrogens (primary N) is 1. The highest BCUT2D eigenvalue weighted by Crippen LogP contribution is 1.93. The molecule has 5 nitrogen and oxygen atoms in total. The molecular weight excluding hydrogens is 194 g/mol. The van der Waals surface area contributed by atoms with Gasteiger partial charge in [-0.25, -0.2) is 0 Å². The van der Waals surface area contributed by atoms with E-state index in [1.807, 2.05) is 6.92 Å². The Morgan fingerprint density at radius 1 is 1.40 bits per heavy atom. The molecule has 5 heteroatoms. The Labute approximate surface area is 91.0 Å². The van der Waals surface area contributed by atoms with E-state index in [1.165, 1.54) is 0 Å². The lowest BCUT2D eigenvalue weighted by Gasteiger charge is -2.20. The van der Waals surface area contributed by atoms with E-state index in [9.17, 15) is 9.59 Å². The van der Waals surface area contributed by atoms with Crippen molar-refractivity contribution in [3.63, 3.8) is 0 Å². The van der Waals surface area contributed by atoms with Crippen LogP contribution in [0.1, 0.15) is 27.2 Å². The summed E-state index contributed by atoms with van der Waals surface area (Å²) in [5, 5.41) is 2.62. The van der Waals surface area contributed by atoms with Crippen LogP contribution in [0.3, 0.4) is 0 Å². The summed E-state index contributed by atoms with van der Waals surface area (Å²) in [5.74, 6) is -0.272. The van der Waals surface area contributed by atoms with Crippen LogP contribution in [-0.2, 0) is 9.59 Å². The molecule has 0 heterocycles. The Morgan fingerprint density at radius 3 is 2.33 bits per heavy atom. The number of amides is 2. The van der Waals surface area contributed by atoms with Crippen LogP contribution in [0, 0.1) is 0 Å². The Bertz CT molecular complexity index is 229. The second-order valence-electron chi connectivity index (χ2n) is 3.82. The van der Waals surface area contributed by atoms with Gasteiger partial charge in [-0.2, -0.15) is 0 Å². The number of nitrogens with zero attached hydrogens (tertiary/aromatic N) is 1. The van der Waals surface area contributed by atoms with E-state index in [2.05, 4.69) is 5.32 Å². The Morgan fingerprint density at radius 2 is 1.93 bits per heavy atom. The van der Waals surface area contributed by atoms with Crippen LogP contribution in [0.25, 0.3) is 0 Å². The number of carbonyl (C=O) groups is 2. The molecule has 0 rings (SSSR count). The SMILES string of the molecule is CCN(C)C(=O)C(C)NC(=O)CC(C)N. The van der Waals surface area contributed by atoms with Crippen LogP contribution in [0.5, 0.6) is 0 Å². The van der Waals surface area contributed by atoms with E-state index in [1.54, 1.807) is 25.8 Å². The minimum atomic E-state index is -0.485. The number of nitrogens with one attached hydrogen (secondary N) is 1. The topological polar surface area (TPSA) is 75.4 Å². The summed E-state index contributed by atoms with van der Waals surface area (Å²) in [6.07, 6.45) is 0.244. The molecule has 0 saturated carbocycles. The first-order valence-electron chi connectivity index (χ1n) is 5.18. The van der Waals surface area contributed by atoms with E-state index < -0.39 is 6.04 Å². The van der Waals surface area contributed by atoms with Crippen molar-refractivity contribution in [1.29, 1.82) is 0 Å². The molecule has 3 N–H and O–H groups in total. The maximum Gasteiger partial charge on any atom is 0.244 e. The van der Waals surface area contributed by atoms with Crippen LogP contribution < -0.4 is 11.1 Å². The van der Waals surface area contributed by atoms with E-state index in [0.717, 1.165) is 0 Å². The molecule has 0 aliphatic heterocycles. The Kier molecular flexibility index (Phi) is 5.93. The highest BCUT2D eigenvalue weighted by Gasteiger charge is 2.18. The minimum Gasteiger partial charge on any atom is -0.345 e. The summed E-state index contributed by atoms with van der Waals surface area (Å²) in [5.41, 5.74) is 5.47. The monoisotopic (exact) mass is 215 g/mol. The van der Waals surface area contributed by atoms with Gasteiger partial charge in [-0.3, -0.25) is 9.59 Å². The third-order valence-corrected chi connectivity index (χ3v) is 2.11. The van der Waals surface area contributed by atoms with Gasteiger partial charge >= 0.3 is 0 Å². The first kappa shape index (κ1) is 13.9. The van der Waals surface area contributed by atoms with Gasteiger partial charge in [0, 0.05) is 26.1 Å². The lowest BCUT2D eigenvalue weighted by Crippen LogP contribution is -2.46. The van der Waals surface area contributed by atoms with Crippen molar-refractivity contribution in [2.45, 2.75) is 39.3 Å². The molecule has 2 unspecified atom stereocenters. The van der Waals surface area contributed by atoms with Crippen LogP contribution >= 0.6 is 0 Å². The summed E-state index contributed by atoms with van der Waals surface area (Å²) in [6, 6.07) is -0.669. The normalized spacial score (nSPS) is 14.2. The molecule has 0 aromatic carbocycles. The van der Waals surface area contributed by atoms with Gasteiger partial charge in [0.1, 0.15) is 6.04 Å². The van der Waals surface area contributed by atoms with Crippen molar-refractivity contribution in [3.8, 4) is 0 Å². The lowest BCUT2D eigenvalue weighted by atomic mass is 10.2. The molecule has 0 aliphatic rings. The van der Waals surface area contributed by atoms with Gasteiger partial charge in [-0.05, 0) is 20.8 Å². The van der Waals surface area contributed by atoms with Gasteiger partial charge in [-0.1, -0.05) is 0 Å².